The Hall–Kier alpha value is -2.43. The lowest BCUT2D eigenvalue weighted by atomic mass is 10.0. The molecule has 5 heteroatoms. The topological polar surface area (TPSA) is 42.3 Å². The van der Waals surface area contributed by atoms with Crippen LogP contribution < -0.4 is 5.56 Å². The standard InChI is InChI=1S/C18H19FN2O2/c1-20-12-14(6-9-17(20)22)18(23)21-10-2-3-16(21)11-13-4-7-15(19)8-5-13/h4-9,12,16H,2-3,10-11H2,1H3/t16-/m0/s1. The van der Waals surface area contributed by atoms with Crippen LogP contribution in [0, 0.1) is 5.82 Å². The highest BCUT2D eigenvalue weighted by Crippen LogP contribution is 2.23. The number of hydrogen-bond acceptors (Lipinski definition) is 2. The minimum Gasteiger partial charge on any atom is -0.335 e. The summed E-state index contributed by atoms with van der Waals surface area (Å²) in [7, 11) is 1.64. The molecular weight excluding hydrogens is 295 g/mol. The van der Waals surface area contributed by atoms with Crippen molar-refractivity contribution in [3.8, 4) is 0 Å². The lowest BCUT2D eigenvalue weighted by Crippen LogP contribution is -2.37. The van der Waals surface area contributed by atoms with Crippen molar-refractivity contribution >= 4 is 5.91 Å². The molecule has 1 saturated heterocycles. The monoisotopic (exact) mass is 314 g/mol. The molecule has 3 rings (SSSR count). The highest BCUT2D eigenvalue weighted by Gasteiger charge is 2.29. The van der Waals surface area contributed by atoms with Gasteiger partial charge >= 0.3 is 0 Å². The number of amides is 1. The summed E-state index contributed by atoms with van der Waals surface area (Å²) in [5.74, 6) is -0.302. The predicted octanol–water partition coefficient (Wildman–Crippen LogP) is 2.37. The molecule has 0 bridgehead atoms. The number of hydrogen-bond donors (Lipinski definition) is 0. The van der Waals surface area contributed by atoms with Crippen LogP contribution in [0.4, 0.5) is 4.39 Å². The van der Waals surface area contributed by atoms with E-state index in [1.165, 1.54) is 22.8 Å². The second-order valence-electron chi connectivity index (χ2n) is 5.99. The van der Waals surface area contributed by atoms with E-state index < -0.39 is 0 Å². The molecule has 1 atom stereocenters. The number of pyridine rings is 1. The fourth-order valence-electron chi connectivity index (χ4n) is 3.09. The van der Waals surface area contributed by atoms with Gasteiger partial charge in [0.05, 0.1) is 5.56 Å². The van der Waals surface area contributed by atoms with Crippen molar-refractivity contribution in [3.05, 3.63) is 69.9 Å². The van der Waals surface area contributed by atoms with Gasteiger partial charge in [-0.25, -0.2) is 4.39 Å². The Labute approximate surface area is 134 Å². The number of carbonyl (C=O) groups is 1. The number of aryl methyl sites for hydroxylation is 1. The molecule has 4 nitrogen and oxygen atoms in total. The minimum atomic E-state index is -0.252. The maximum absolute atomic E-state index is 13.0. The van der Waals surface area contributed by atoms with Gasteiger partial charge in [-0.3, -0.25) is 9.59 Å². The van der Waals surface area contributed by atoms with E-state index in [2.05, 4.69) is 0 Å². The normalized spacial score (nSPS) is 17.5. The Balaban J connectivity index is 1.77. The number of benzene rings is 1. The second kappa shape index (κ2) is 6.36. The van der Waals surface area contributed by atoms with E-state index in [0.717, 1.165) is 24.8 Å². The summed E-state index contributed by atoms with van der Waals surface area (Å²) in [6.45, 7) is 0.716. The van der Waals surface area contributed by atoms with Crippen LogP contribution in [0.2, 0.25) is 0 Å². The molecule has 0 N–H and O–H groups in total. The number of likely N-dealkylation sites (tertiary alicyclic amines) is 1. The lowest BCUT2D eigenvalue weighted by molar-refractivity contribution is 0.0735. The van der Waals surface area contributed by atoms with Crippen LogP contribution in [0.3, 0.4) is 0 Å². The maximum atomic E-state index is 13.0. The largest absolute Gasteiger partial charge is 0.335 e. The Morgan fingerprint density at radius 1 is 1.22 bits per heavy atom. The van der Waals surface area contributed by atoms with E-state index in [0.29, 0.717) is 12.1 Å². The van der Waals surface area contributed by atoms with Crippen molar-refractivity contribution in [1.29, 1.82) is 0 Å². The van der Waals surface area contributed by atoms with Crippen molar-refractivity contribution in [2.75, 3.05) is 6.54 Å². The number of rotatable bonds is 3. The first kappa shape index (κ1) is 15.5. The number of carbonyl (C=O) groups excluding carboxylic acids is 1. The second-order valence-corrected chi connectivity index (χ2v) is 5.99. The Kier molecular flexibility index (Phi) is 4.28. The Bertz CT molecular complexity index is 767. The van der Waals surface area contributed by atoms with Gasteiger partial charge in [-0.15, -0.1) is 0 Å². The molecule has 2 aromatic rings. The van der Waals surface area contributed by atoms with E-state index in [1.54, 1.807) is 31.4 Å². The fourth-order valence-corrected chi connectivity index (χ4v) is 3.09. The molecule has 1 aromatic heterocycles. The highest BCUT2D eigenvalue weighted by atomic mass is 19.1. The van der Waals surface area contributed by atoms with Gasteiger partial charge in [0, 0.05) is 31.9 Å². The molecule has 23 heavy (non-hydrogen) atoms. The third-order valence-corrected chi connectivity index (χ3v) is 4.36. The van der Waals surface area contributed by atoms with E-state index >= 15 is 0 Å². The maximum Gasteiger partial charge on any atom is 0.255 e. The molecule has 0 radical (unpaired) electrons. The van der Waals surface area contributed by atoms with Crippen molar-refractivity contribution in [2.45, 2.75) is 25.3 Å². The van der Waals surface area contributed by atoms with Crippen LogP contribution >= 0.6 is 0 Å². The third-order valence-electron chi connectivity index (χ3n) is 4.36. The van der Waals surface area contributed by atoms with E-state index in [4.69, 9.17) is 0 Å². The van der Waals surface area contributed by atoms with Crippen LogP contribution in [0.25, 0.3) is 0 Å². The van der Waals surface area contributed by atoms with Gasteiger partial charge in [0.1, 0.15) is 5.82 Å². The summed E-state index contributed by atoms with van der Waals surface area (Å²) in [4.78, 5) is 26.0. The molecular formula is C18H19FN2O2. The lowest BCUT2D eigenvalue weighted by Gasteiger charge is -2.25. The average molecular weight is 314 g/mol. The minimum absolute atomic E-state index is 0.0507. The van der Waals surface area contributed by atoms with Gasteiger partial charge in [0.15, 0.2) is 0 Å². The van der Waals surface area contributed by atoms with Gasteiger partial charge in [-0.1, -0.05) is 12.1 Å². The zero-order valence-electron chi connectivity index (χ0n) is 13.0. The molecule has 1 amide bonds. The summed E-state index contributed by atoms with van der Waals surface area (Å²) in [6, 6.07) is 9.54. The summed E-state index contributed by atoms with van der Waals surface area (Å²) in [5, 5.41) is 0. The van der Waals surface area contributed by atoms with Crippen molar-refractivity contribution in [2.24, 2.45) is 7.05 Å². The molecule has 2 heterocycles. The van der Waals surface area contributed by atoms with Crippen LogP contribution in [0.15, 0.2) is 47.4 Å². The molecule has 0 saturated carbocycles. The van der Waals surface area contributed by atoms with Crippen molar-refractivity contribution in [3.63, 3.8) is 0 Å². The third kappa shape index (κ3) is 3.33. The van der Waals surface area contributed by atoms with Crippen LogP contribution in [-0.4, -0.2) is 28.0 Å². The Morgan fingerprint density at radius 3 is 2.65 bits per heavy atom. The quantitative estimate of drug-likeness (QED) is 0.873. The first-order chi connectivity index (χ1) is 11.0. The zero-order chi connectivity index (χ0) is 16.4. The molecule has 1 aliphatic rings. The molecule has 1 fully saturated rings. The molecule has 1 aromatic carbocycles. The summed E-state index contributed by atoms with van der Waals surface area (Å²) >= 11 is 0. The van der Waals surface area contributed by atoms with Gasteiger partial charge in [0.2, 0.25) is 5.56 Å². The van der Waals surface area contributed by atoms with Gasteiger partial charge in [-0.2, -0.15) is 0 Å². The summed E-state index contributed by atoms with van der Waals surface area (Å²) < 4.78 is 14.4. The van der Waals surface area contributed by atoms with Gasteiger partial charge in [0.25, 0.3) is 5.91 Å². The summed E-state index contributed by atoms with van der Waals surface area (Å²) in [6.07, 6.45) is 4.20. The molecule has 0 unspecified atom stereocenters. The molecule has 0 spiro atoms. The van der Waals surface area contributed by atoms with Crippen molar-refractivity contribution < 1.29 is 9.18 Å². The van der Waals surface area contributed by atoms with Gasteiger partial charge in [-0.05, 0) is 43.0 Å². The fraction of sp³-hybridized carbons (Fsp3) is 0.333. The number of nitrogens with zero attached hydrogens (tertiary/aromatic N) is 2. The highest BCUT2D eigenvalue weighted by molar-refractivity contribution is 5.94. The van der Waals surface area contributed by atoms with E-state index in [9.17, 15) is 14.0 Å². The van der Waals surface area contributed by atoms with Crippen LogP contribution in [0.1, 0.15) is 28.8 Å². The smallest absolute Gasteiger partial charge is 0.255 e. The first-order valence-electron chi connectivity index (χ1n) is 7.77. The SMILES string of the molecule is Cn1cc(C(=O)N2CCC[C@H]2Cc2ccc(F)cc2)ccc1=O. The van der Waals surface area contributed by atoms with Crippen LogP contribution in [-0.2, 0) is 13.5 Å². The van der Waals surface area contributed by atoms with E-state index in [1.807, 2.05) is 4.90 Å². The number of halogens is 1. The molecule has 1 aliphatic heterocycles. The van der Waals surface area contributed by atoms with Gasteiger partial charge < -0.3 is 9.47 Å². The van der Waals surface area contributed by atoms with Crippen molar-refractivity contribution in [1.82, 2.24) is 9.47 Å². The van der Waals surface area contributed by atoms with E-state index in [-0.39, 0.29) is 23.3 Å². The first-order valence-corrected chi connectivity index (χ1v) is 7.77. The molecule has 120 valence electrons. The molecule has 0 aliphatic carbocycles. The predicted molar refractivity (Wildman–Crippen MR) is 85.8 cm³/mol. The number of aromatic nitrogens is 1. The average Bonchev–Trinajstić information content (AvgIpc) is 2.99. The Morgan fingerprint density at radius 2 is 1.96 bits per heavy atom. The van der Waals surface area contributed by atoms with Crippen LogP contribution in [0.5, 0.6) is 0 Å². The zero-order valence-corrected chi connectivity index (χ0v) is 13.0. The summed E-state index contributed by atoms with van der Waals surface area (Å²) in [5.41, 5.74) is 1.42.